The molecule has 0 amide bonds. The molecule has 0 aliphatic carbocycles. The summed E-state index contributed by atoms with van der Waals surface area (Å²) in [5.41, 5.74) is 0. The minimum atomic E-state index is 0.365. The van der Waals surface area contributed by atoms with Gasteiger partial charge >= 0.3 is 0 Å². The molecule has 0 radical (unpaired) electrons. The van der Waals surface area contributed by atoms with E-state index in [1.54, 1.807) is 13.4 Å². The number of nitrogens with zero attached hydrogens (tertiary/aromatic N) is 3. The molecule has 18 heavy (non-hydrogen) atoms. The van der Waals surface area contributed by atoms with Crippen LogP contribution in [0.15, 0.2) is 6.33 Å². The first-order valence-corrected chi connectivity index (χ1v) is 6.79. The molecule has 0 saturated carbocycles. The second-order valence-electron chi connectivity index (χ2n) is 4.81. The molecule has 0 bridgehead atoms. The van der Waals surface area contributed by atoms with Crippen LogP contribution in [0, 0.1) is 0 Å². The van der Waals surface area contributed by atoms with Crippen molar-refractivity contribution in [3.63, 3.8) is 0 Å². The number of ether oxygens (including phenoxy) is 1. The molecule has 5 heteroatoms. The highest BCUT2D eigenvalue weighted by Crippen LogP contribution is 2.10. The maximum atomic E-state index is 5.11. The highest BCUT2D eigenvalue weighted by Gasteiger charge is 2.14. The van der Waals surface area contributed by atoms with E-state index in [4.69, 9.17) is 4.74 Å². The number of hydrogen-bond donors (Lipinski definition) is 1. The van der Waals surface area contributed by atoms with E-state index in [0.717, 1.165) is 38.2 Å². The Morgan fingerprint density at radius 3 is 2.83 bits per heavy atom. The third kappa shape index (κ3) is 4.74. The lowest BCUT2D eigenvalue weighted by Gasteiger charge is -2.18. The SMILES string of the molecule is CCNC(CCCOC)Cc1ncnn1C(C)C. The third-order valence-electron chi connectivity index (χ3n) is 2.96. The van der Waals surface area contributed by atoms with Gasteiger partial charge in [0.15, 0.2) is 0 Å². The molecule has 5 nitrogen and oxygen atoms in total. The van der Waals surface area contributed by atoms with E-state index in [2.05, 4.69) is 36.2 Å². The Morgan fingerprint density at radius 2 is 2.22 bits per heavy atom. The van der Waals surface area contributed by atoms with Crippen molar-refractivity contribution in [3.8, 4) is 0 Å². The molecule has 0 spiro atoms. The fraction of sp³-hybridized carbons (Fsp3) is 0.846. The number of hydrogen-bond acceptors (Lipinski definition) is 4. The first kappa shape index (κ1) is 15.1. The molecular weight excluding hydrogens is 228 g/mol. The molecule has 0 fully saturated rings. The van der Waals surface area contributed by atoms with Gasteiger partial charge < -0.3 is 10.1 Å². The largest absolute Gasteiger partial charge is 0.385 e. The number of rotatable bonds is 9. The van der Waals surface area contributed by atoms with E-state index in [0.29, 0.717) is 12.1 Å². The van der Waals surface area contributed by atoms with Crippen LogP contribution in [-0.2, 0) is 11.2 Å². The van der Waals surface area contributed by atoms with Crippen LogP contribution in [0.1, 0.15) is 45.5 Å². The van der Waals surface area contributed by atoms with Gasteiger partial charge in [-0.25, -0.2) is 9.67 Å². The quantitative estimate of drug-likeness (QED) is 0.683. The maximum Gasteiger partial charge on any atom is 0.138 e. The van der Waals surface area contributed by atoms with Gasteiger partial charge in [0.05, 0.1) is 0 Å². The normalized spacial score (nSPS) is 13.2. The Balaban J connectivity index is 2.55. The zero-order chi connectivity index (χ0) is 13.4. The van der Waals surface area contributed by atoms with Gasteiger partial charge in [-0.3, -0.25) is 0 Å². The molecular formula is C13H26N4O. The van der Waals surface area contributed by atoms with Crippen LogP contribution < -0.4 is 5.32 Å². The van der Waals surface area contributed by atoms with Crippen LogP contribution in [0.4, 0.5) is 0 Å². The zero-order valence-corrected chi connectivity index (χ0v) is 12.0. The summed E-state index contributed by atoms with van der Waals surface area (Å²) < 4.78 is 7.11. The van der Waals surface area contributed by atoms with Crippen LogP contribution in [0.5, 0.6) is 0 Å². The molecule has 1 rings (SSSR count). The van der Waals surface area contributed by atoms with E-state index in [9.17, 15) is 0 Å². The monoisotopic (exact) mass is 254 g/mol. The van der Waals surface area contributed by atoms with Crippen LogP contribution in [-0.4, -0.2) is 41.1 Å². The molecule has 1 aromatic rings. The van der Waals surface area contributed by atoms with Gasteiger partial charge in [0.1, 0.15) is 12.2 Å². The molecule has 1 unspecified atom stereocenters. The second-order valence-corrected chi connectivity index (χ2v) is 4.81. The van der Waals surface area contributed by atoms with E-state index in [1.165, 1.54) is 0 Å². The van der Waals surface area contributed by atoms with Crippen molar-refractivity contribution in [2.24, 2.45) is 0 Å². The van der Waals surface area contributed by atoms with Crippen molar-refractivity contribution in [3.05, 3.63) is 12.2 Å². The first-order chi connectivity index (χ1) is 8.69. The average molecular weight is 254 g/mol. The zero-order valence-electron chi connectivity index (χ0n) is 12.0. The first-order valence-electron chi connectivity index (χ1n) is 6.79. The molecule has 0 saturated heterocycles. The summed E-state index contributed by atoms with van der Waals surface area (Å²) in [6, 6.07) is 0.815. The van der Waals surface area contributed by atoms with Crippen LogP contribution in [0.25, 0.3) is 0 Å². The molecule has 1 atom stereocenters. The topological polar surface area (TPSA) is 52.0 Å². The Labute approximate surface area is 110 Å². The predicted molar refractivity (Wildman–Crippen MR) is 72.7 cm³/mol. The summed E-state index contributed by atoms with van der Waals surface area (Å²) in [6.07, 6.45) is 4.75. The summed E-state index contributed by atoms with van der Waals surface area (Å²) in [5.74, 6) is 1.06. The summed E-state index contributed by atoms with van der Waals surface area (Å²) in [5, 5.41) is 7.79. The lowest BCUT2D eigenvalue weighted by atomic mass is 10.1. The number of aromatic nitrogens is 3. The second kappa shape index (κ2) is 8.21. The molecule has 0 aromatic carbocycles. The highest BCUT2D eigenvalue weighted by molar-refractivity contribution is 4.91. The van der Waals surface area contributed by atoms with Gasteiger partial charge in [0.2, 0.25) is 0 Å². The Hall–Kier alpha value is -0.940. The minimum absolute atomic E-state index is 0.365. The molecule has 0 aliphatic rings. The predicted octanol–water partition coefficient (Wildman–Crippen LogP) is 1.81. The summed E-state index contributed by atoms with van der Waals surface area (Å²) in [7, 11) is 1.75. The van der Waals surface area contributed by atoms with Crippen molar-refractivity contribution < 1.29 is 4.74 Å². The fourth-order valence-corrected chi connectivity index (χ4v) is 2.11. The molecule has 1 heterocycles. The van der Waals surface area contributed by atoms with Crippen molar-refractivity contribution in [2.45, 2.75) is 52.1 Å². The van der Waals surface area contributed by atoms with Crippen molar-refractivity contribution in [1.29, 1.82) is 0 Å². The summed E-state index contributed by atoms with van der Waals surface area (Å²) >= 11 is 0. The maximum absolute atomic E-state index is 5.11. The standard InChI is InChI=1S/C13H26N4O/c1-5-14-12(7-6-8-18-4)9-13-15-10-16-17(13)11(2)3/h10-12,14H,5-9H2,1-4H3. The van der Waals surface area contributed by atoms with E-state index < -0.39 is 0 Å². The smallest absolute Gasteiger partial charge is 0.138 e. The number of methoxy groups -OCH3 is 1. The summed E-state index contributed by atoms with van der Waals surface area (Å²) in [6.45, 7) is 8.19. The average Bonchev–Trinajstić information content (AvgIpc) is 2.78. The molecule has 1 aromatic heterocycles. The molecule has 104 valence electrons. The lowest BCUT2D eigenvalue weighted by Crippen LogP contribution is -2.32. The van der Waals surface area contributed by atoms with Crippen molar-refractivity contribution >= 4 is 0 Å². The third-order valence-corrected chi connectivity index (χ3v) is 2.96. The highest BCUT2D eigenvalue weighted by atomic mass is 16.5. The van der Waals surface area contributed by atoms with Gasteiger partial charge in [-0.1, -0.05) is 6.92 Å². The van der Waals surface area contributed by atoms with Crippen LogP contribution in [0.2, 0.25) is 0 Å². The van der Waals surface area contributed by atoms with E-state index >= 15 is 0 Å². The van der Waals surface area contributed by atoms with Gasteiger partial charge in [0, 0.05) is 32.2 Å². The van der Waals surface area contributed by atoms with Crippen LogP contribution >= 0.6 is 0 Å². The Kier molecular flexibility index (Phi) is 6.90. The van der Waals surface area contributed by atoms with Crippen molar-refractivity contribution in [2.75, 3.05) is 20.3 Å². The van der Waals surface area contributed by atoms with Gasteiger partial charge in [-0.2, -0.15) is 5.10 Å². The van der Waals surface area contributed by atoms with E-state index in [1.807, 2.05) is 4.68 Å². The lowest BCUT2D eigenvalue weighted by molar-refractivity contribution is 0.188. The van der Waals surface area contributed by atoms with Gasteiger partial charge in [-0.05, 0) is 33.2 Å². The minimum Gasteiger partial charge on any atom is -0.385 e. The Bertz CT molecular complexity index is 325. The Morgan fingerprint density at radius 1 is 1.44 bits per heavy atom. The van der Waals surface area contributed by atoms with E-state index in [-0.39, 0.29) is 0 Å². The fourth-order valence-electron chi connectivity index (χ4n) is 2.11. The molecule has 0 aliphatic heterocycles. The molecule has 1 N–H and O–H groups in total. The number of likely N-dealkylation sites (N-methyl/N-ethyl adjacent to an activating group) is 1. The summed E-state index contributed by atoms with van der Waals surface area (Å²) in [4.78, 5) is 4.37. The van der Waals surface area contributed by atoms with Gasteiger partial charge in [0.25, 0.3) is 0 Å². The van der Waals surface area contributed by atoms with Crippen molar-refractivity contribution in [1.82, 2.24) is 20.1 Å². The van der Waals surface area contributed by atoms with Gasteiger partial charge in [-0.15, -0.1) is 0 Å². The van der Waals surface area contributed by atoms with Crippen LogP contribution in [0.3, 0.4) is 0 Å². The number of nitrogens with one attached hydrogen (secondary N) is 1.